The molecule has 0 bridgehead atoms. The molecule has 0 aromatic carbocycles. The van der Waals surface area contributed by atoms with Crippen molar-refractivity contribution in [3.05, 3.63) is 46.6 Å². The van der Waals surface area contributed by atoms with E-state index in [1.54, 1.807) is 30.6 Å². The Kier molecular flexibility index (Phi) is 6.24. The summed E-state index contributed by atoms with van der Waals surface area (Å²) < 4.78 is 18.3. The van der Waals surface area contributed by atoms with Crippen molar-refractivity contribution in [3.8, 4) is 17.1 Å². The van der Waals surface area contributed by atoms with Crippen molar-refractivity contribution < 1.29 is 28.9 Å². The predicted octanol–water partition coefficient (Wildman–Crippen LogP) is 4.03. The Balaban J connectivity index is 1.64. The number of aliphatic hydroxyl groups excluding tert-OH is 2. The van der Waals surface area contributed by atoms with Gasteiger partial charge in [-0.05, 0) is 62.0 Å². The largest absolute Gasteiger partial charge is 0.482 e. The van der Waals surface area contributed by atoms with Gasteiger partial charge in [0, 0.05) is 36.4 Å². The van der Waals surface area contributed by atoms with Crippen LogP contribution in [-0.4, -0.2) is 39.0 Å². The Morgan fingerprint density at radius 3 is 2.78 bits per heavy atom. The maximum Gasteiger partial charge on any atom is 0.345 e. The number of esters is 1. The third-order valence-corrected chi connectivity index (χ3v) is 9.07. The van der Waals surface area contributed by atoms with Gasteiger partial charge in [-0.2, -0.15) is 0 Å². The Bertz CT molecular complexity index is 1200. The van der Waals surface area contributed by atoms with Crippen LogP contribution < -0.4 is 10.4 Å². The van der Waals surface area contributed by atoms with Crippen molar-refractivity contribution in [2.45, 2.75) is 83.7 Å². The lowest BCUT2D eigenvalue weighted by Crippen LogP contribution is -2.69. The molecule has 8 atom stereocenters. The number of aliphatic hydroxyl groups is 2. The molecule has 0 amide bonds. The predicted molar refractivity (Wildman–Crippen MR) is 131 cm³/mol. The molecule has 0 saturated heterocycles. The lowest BCUT2D eigenvalue weighted by molar-refractivity contribution is -0.249. The molecule has 5 rings (SSSR count). The standard InChI is InChI=1S/C28H35NO7/c1-5-7-22(31)35-21-12-17-15(2)18(30)9-10-27(17,3)25-24(32)23-20(36-28(21,25)4)13-19(34-26(23)33)16-8-6-11-29-14-16/h6,8,11,13-15,17-18,21,24-25,30,32H,5,7,9-10,12H2,1-4H3/t15?,17?,18?,21?,24?,25?,27?,28-/m1/s1. The van der Waals surface area contributed by atoms with E-state index in [0.29, 0.717) is 31.2 Å². The number of fused-ring (bicyclic) bond motifs is 4. The molecule has 194 valence electrons. The van der Waals surface area contributed by atoms with E-state index < -0.39 is 40.9 Å². The first kappa shape index (κ1) is 25.0. The van der Waals surface area contributed by atoms with Gasteiger partial charge in [0.2, 0.25) is 0 Å². The van der Waals surface area contributed by atoms with E-state index >= 15 is 0 Å². The summed E-state index contributed by atoms with van der Waals surface area (Å²) in [6.45, 7) is 7.91. The third kappa shape index (κ3) is 3.77. The molecule has 2 saturated carbocycles. The summed E-state index contributed by atoms with van der Waals surface area (Å²) in [6.07, 6.45) is 3.62. The zero-order chi connectivity index (χ0) is 25.8. The number of ether oxygens (including phenoxy) is 2. The highest BCUT2D eigenvalue weighted by Crippen LogP contribution is 2.64. The average molecular weight is 498 g/mol. The molecule has 0 radical (unpaired) electrons. The highest BCUT2D eigenvalue weighted by molar-refractivity contribution is 5.69. The number of pyridine rings is 1. The van der Waals surface area contributed by atoms with Gasteiger partial charge in [-0.25, -0.2) is 4.79 Å². The van der Waals surface area contributed by atoms with Crippen molar-refractivity contribution in [3.63, 3.8) is 0 Å². The smallest absolute Gasteiger partial charge is 0.345 e. The van der Waals surface area contributed by atoms with Crippen LogP contribution in [0, 0.1) is 23.2 Å². The zero-order valence-electron chi connectivity index (χ0n) is 21.3. The van der Waals surface area contributed by atoms with E-state index in [9.17, 15) is 19.8 Å². The van der Waals surface area contributed by atoms with Gasteiger partial charge < -0.3 is 24.1 Å². The van der Waals surface area contributed by atoms with Crippen molar-refractivity contribution in [1.82, 2.24) is 4.98 Å². The van der Waals surface area contributed by atoms with Gasteiger partial charge in [0.05, 0.1) is 12.2 Å². The quantitative estimate of drug-likeness (QED) is 0.608. The van der Waals surface area contributed by atoms with Gasteiger partial charge in [-0.1, -0.05) is 20.8 Å². The van der Waals surface area contributed by atoms with Crippen molar-refractivity contribution >= 4 is 5.97 Å². The van der Waals surface area contributed by atoms with Gasteiger partial charge in [0.25, 0.3) is 0 Å². The summed E-state index contributed by atoms with van der Waals surface area (Å²) in [4.78, 5) is 30.0. The molecule has 2 aromatic rings. The van der Waals surface area contributed by atoms with E-state index in [1.807, 2.05) is 20.8 Å². The fourth-order valence-electron chi connectivity index (χ4n) is 7.24. The van der Waals surface area contributed by atoms with Crippen LogP contribution in [0.3, 0.4) is 0 Å². The number of hydrogen-bond acceptors (Lipinski definition) is 8. The Hall–Kier alpha value is -2.71. The van der Waals surface area contributed by atoms with Gasteiger partial charge in [-0.15, -0.1) is 0 Å². The van der Waals surface area contributed by atoms with E-state index in [1.165, 1.54) is 0 Å². The molecule has 8 heteroatoms. The number of carbonyl (C=O) groups is 1. The summed E-state index contributed by atoms with van der Waals surface area (Å²) in [6, 6.07) is 5.13. The number of rotatable bonds is 4. The number of hydrogen-bond donors (Lipinski definition) is 2. The highest BCUT2D eigenvalue weighted by Gasteiger charge is 2.67. The minimum atomic E-state index is -1.18. The Morgan fingerprint density at radius 1 is 1.31 bits per heavy atom. The van der Waals surface area contributed by atoms with Gasteiger partial charge in [0.15, 0.2) is 0 Å². The maximum atomic E-state index is 13.2. The molecule has 2 aliphatic carbocycles. The lowest BCUT2D eigenvalue weighted by atomic mass is 9.46. The molecule has 2 fully saturated rings. The molecule has 3 heterocycles. The van der Waals surface area contributed by atoms with Crippen LogP contribution in [0.5, 0.6) is 5.75 Å². The topological polar surface area (TPSA) is 119 Å². The van der Waals surface area contributed by atoms with E-state index in [4.69, 9.17) is 13.9 Å². The van der Waals surface area contributed by atoms with E-state index in [-0.39, 0.29) is 41.3 Å². The highest BCUT2D eigenvalue weighted by atomic mass is 16.6. The molecule has 1 aliphatic heterocycles. The summed E-state index contributed by atoms with van der Waals surface area (Å²) in [5.74, 6) is -0.423. The summed E-state index contributed by atoms with van der Waals surface area (Å²) in [5.41, 5.74) is -1.49. The fraction of sp³-hybridized carbons (Fsp3) is 0.607. The van der Waals surface area contributed by atoms with Crippen molar-refractivity contribution in [2.75, 3.05) is 0 Å². The first-order valence-electron chi connectivity index (χ1n) is 12.9. The SMILES string of the molecule is CCCC(=O)OC1CC2C(C)C(O)CCC2(C)C2C(O)c3c(cc(-c4cccnc4)oc3=O)O[C@]12C. The normalized spacial score (nSPS) is 37.2. The Morgan fingerprint density at radius 2 is 2.08 bits per heavy atom. The average Bonchev–Trinajstić information content (AvgIpc) is 2.83. The van der Waals surface area contributed by atoms with Crippen LogP contribution in [-0.2, 0) is 9.53 Å². The monoisotopic (exact) mass is 497 g/mol. The van der Waals surface area contributed by atoms with Crippen LogP contribution in [0.25, 0.3) is 11.3 Å². The first-order valence-corrected chi connectivity index (χ1v) is 12.9. The lowest BCUT2D eigenvalue weighted by Gasteiger charge is -2.63. The minimum Gasteiger partial charge on any atom is -0.482 e. The van der Waals surface area contributed by atoms with Crippen molar-refractivity contribution in [1.29, 1.82) is 0 Å². The molecule has 8 nitrogen and oxygen atoms in total. The van der Waals surface area contributed by atoms with Crippen molar-refractivity contribution in [2.24, 2.45) is 23.2 Å². The second-order valence-electron chi connectivity index (χ2n) is 11.2. The molecule has 2 N–H and O–H groups in total. The van der Waals surface area contributed by atoms with Crippen LogP contribution >= 0.6 is 0 Å². The van der Waals surface area contributed by atoms with E-state index in [0.717, 1.165) is 0 Å². The second-order valence-corrected chi connectivity index (χ2v) is 11.2. The zero-order valence-corrected chi connectivity index (χ0v) is 21.3. The molecule has 36 heavy (non-hydrogen) atoms. The number of aromatic nitrogens is 1. The van der Waals surface area contributed by atoms with Gasteiger partial charge in [-0.3, -0.25) is 9.78 Å². The first-order chi connectivity index (χ1) is 17.1. The fourth-order valence-corrected chi connectivity index (χ4v) is 7.24. The number of carbonyl (C=O) groups excluding carboxylic acids is 1. The summed E-state index contributed by atoms with van der Waals surface area (Å²) in [5, 5.41) is 22.5. The van der Waals surface area contributed by atoms with E-state index in [2.05, 4.69) is 11.9 Å². The second kappa shape index (κ2) is 8.99. The molecule has 2 aromatic heterocycles. The van der Waals surface area contributed by atoms with Crippen LogP contribution in [0.4, 0.5) is 0 Å². The summed E-state index contributed by atoms with van der Waals surface area (Å²) in [7, 11) is 0. The molecular weight excluding hydrogens is 462 g/mol. The molecule has 0 spiro atoms. The Labute approximate surface area is 210 Å². The summed E-state index contributed by atoms with van der Waals surface area (Å²) >= 11 is 0. The third-order valence-electron chi connectivity index (χ3n) is 9.07. The molecular formula is C28H35NO7. The van der Waals surface area contributed by atoms with Crippen LogP contribution in [0.15, 0.2) is 39.8 Å². The maximum absolute atomic E-state index is 13.2. The minimum absolute atomic E-state index is 0.0275. The van der Waals surface area contributed by atoms with Gasteiger partial charge >= 0.3 is 11.6 Å². The van der Waals surface area contributed by atoms with Gasteiger partial charge in [0.1, 0.15) is 28.8 Å². The van der Waals surface area contributed by atoms with Crippen LogP contribution in [0.2, 0.25) is 0 Å². The van der Waals surface area contributed by atoms with Crippen LogP contribution in [0.1, 0.15) is 71.5 Å². The molecule has 3 aliphatic rings. The molecule has 7 unspecified atom stereocenters. The number of nitrogens with zero attached hydrogens (tertiary/aromatic N) is 1.